The summed E-state index contributed by atoms with van der Waals surface area (Å²) in [6, 6.07) is 0. The number of ether oxygens (including phenoxy) is 2. The first-order valence-corrected chi connectivity index (χ1v) is 5.29. The maximum Gasteiger partial charge on any atom is 0.0726 e. The highest BCUT2D eigenvalue weighted by molar-refractivity contribution is 4.89. The molecular formula is C11H22O2. The van der Waals surface area contributed by atoms with Gasteiger partial charge in [0.25, 0.3) is 0 Å². The summed E-state index contributed by atoms with van der Waals surface area (Å²) in [6.07, 6.45) is 6.22. The lowest BCUT2D eigenvalue weighted by atomic mass is 9.74. The van der Waals surface area contributed by atoms with Crippen molar-refractivity contribution in [3.63, 3.8) is 0 Å². The molecule has 0 saturated heterocycles. The molecule has 1 fully saturated rings. The summed E-state index contributed by atoms with van der Waals surface area (Å²) in [7, 11) is 3.61. The van der Waals surface area contributed by atoms with Crippen molar-refractivity contribution in [2.24, 2.45) is 5.92 Å². The van der Waals surface area contributed by atoms with Crippen molar-refractivity contribution in [2.45, 2.75) is 44.6 Å². The Hall–Kier alpha value is -0.0800. The zero-order chi connectivity index (χ0) is 9.73. The molecule has 0 N–H and O–H groups in total. The minimum atomic E-state index is 0.105. The largest absolute Gasteiger partial charge is 0.385 e. The van der Waals surface area contributed by atoms with Gasteiger partial charge in [-0.15, -0.1) is 0 Å². The Kier molecular flexibility index (Phi) is 4.20. The third-order valence-corrected chi connectivity index (χ3v) is 3.52. The Morgan fingerprint density at radius 3 is 2.62 bits per heavy atom. The van der Waals surface area contributed by atoms with Crippen LogP contribution < -0.4 is 0 Å². The molecule has 0 spiro atoms. The van der Waals surface area contributed by atoms with Gasteiger partial charge in [0.2, 0.25) is 0 Å². The molecule has 0 aliphatic heterocycles. The average Bonchev–Trinajstić information content (AvgIpc) is 2.17. The van der Waals surface area contributed by atoms with E-state index in [1.807, 2.05) is 7.11 Å². The van der Waals surface area contributed by atoms with Gasteiger partial charge in [0, 0.05) is 20.8 Å². The minimum Gasteiger partial charge on any atom is -0.385 e. The number of rotatable bonds is 4. The van der Waals surface area contributed by atoms with E-state index in [0.29, 0.717) is 5.92 Å². The third-order valence-electron chi connectivity index (χ3n) is 3.52. The van der Waals surface area contributed by atoms with E-state index in [2.05, 4.69) is 6.92 Å². The second-order valence-electron chi connectivity index (χ2n) is 4.16. The summed E-state index contributed by atoms with van der Waals surface area (Å²) >= 11 is 0. The molecule has 0 radical (unpaired) electrons. The van der Waals surface area contributed by atoms with Crippen molar-refractivity contribution >= 4 is 0 Å². The number of hydrogen-bond acceptors (Lipinski definition) is 2. The highest BCUT2D eigenvalue weighted by Crippen LogP contribution is 2.38. The molecule has 2 nitrogen and oxygen atoms in total. The molecule has 1 aliphatic rings. The van der Waals surface area contributed by atoms with Gasteiger partial charge in [0.05, 0.1) is 5.60 Å². The van der Waals surface area contributed by atoms with Gasteiger partial charge in [-0.25, -0.2) is 0 Å². The van der Waals surface area contributed by atoms with Crippen LogP contribution in [0.1, 0.15) is 39.0 Å². The second kappa shape index (κ2) is 4.97. The van der Waals surface area contributed by atoms with Crippen molar-refractivity contribution in [3.8, 4) is 0 Å². The van der Waals surface area contributed by atoms with E-state index >= 15 is 0 Å². The fraction of sp³-hybridized carbons (Fsp3) is 1.00. The average molecular weight is 186 g/mol. The Morgan fingerprint density at radius 1 is 1.31 bits per heavy atom. The van der Waals surface area contributed by atoms with Crippen LogP contribution in [-0.2, 0) is 9.47 Å². The van der Waals surface area contributed by atoms with Crippen molar-refractivity contribution < 1.29 is 9.47 Å². The van der Waals surface area contributed by atoms with Crippen molar-refractivity contribution in [2.75, 3.05) is 20.8 Å². The molecule has 13 heavy (non-hydrogen) atoms. The quantitative estimate of drug-likeness (QED) is 0.672. The number of methoxy groups -OCH3 is 2. The fourth-order valence-corrected chi connectivity index (χ4v) is 2.44. The minimum absolute atomic E-state index is 0.105. The standard InChI is InChI=1S/C11H22O2/c1-10-6-4-5-7-11(10,13-3)8-9-12-2/h10H,4-9H2,1-3H3/t10-,11?/m0/s1. The summed E-state index contributed by atoms with van der Waals surface area (Å²) in [6.45, 7) is 3.12. The second-order valence-corrected chi connectivity index (χ2v) is 4.16. The molecule has 78 valence electrons. The Morgan fingerprint density at radius 2 is 2.08 bits per heavy atom. The molecule has 1 rings (SSSR count). The van der Waals surface area contributed by atoms with Gasteiger partial charge in [-0.05, 0) is 25.2 Å². The van der Waals surface area contributed by atoms with Crippen molar-refractivity contribution in [1.82, 2.24) is 0 Å². The molecular weight excluding hydrogens is 164 g/mol. The zero-order valence-electron chi connectivity index (χ0n) is 9.14. The fourth-order valence-electron chi connectivity index (χ4n) is 2.44. The van der Waals surface area contributed by atoms with Crippen molar-refractivity contribution in [3.05, 3.63) is 0 Å². The van der Waals surface area contributed by atoms with Gasteiger partial charge in [-0.3, -0.25) is 0 Å². The van der Waals surface area contributed by atoms with E-state index in [9.17, 15) is 0 Å². The van der Waals surface area contributed by atoms with Gasteiger partial charge >= 0.3 is 0 Å². The van der Waals surface area contributed by atoms with E-state index < -0.39 is 0 Å². The summed E-state index contributed by atoms with van der Waals surface area (Å²) in [5.74, 6) is 0.682. The van der Waals surface area contributed by atoms with Crippen LogP contribution >= 0.6 is 0 Å². The molecule has 0 amide bonds. The predicted octanol–water partition coefficient (Wildman–Crippen LogP) is 2.62. The normalized spacial score (nSPS) is 34.8. The lowest BCUT2D eigenvalue weighted by molar-refractivity contribution is -0.0928. The topological polar surface area (TPSA) is 18.5 Å². The molecule has 1 saturated carbocycles. The zero-order valence-corrected chi connectivity index (χ0v) is 9.14. The predicted molar refractivity (Wildman–Crippen MR) is 53.9 cm³/mol. The first-order valence-electron chi connectivity index (χ1n) is 5.29. The summed E-state index contributed by atoms with van der Waals surface area (Å²) < 4.78 is 10.9. The highest BCUT2D eigenvalue weighted by atomic mass is 16.5. The van der Waals surface area contributed by atoms with Crippen molar-refractivity contribution in [1.29, 1.82) is 0 Å². The Labute approximate surface area is 81.6 Å². The monoisotopic (exact) mass is 186 g/mol. The van der Waals surface area contributed by atoms with Crippen LogP contribution in [0, 0.1) is 5.92 Å². The molecule has 0 aromatic carbocycles. The van der Waals surface area contributed by atoms with E-state index in [-0.39, 0.29) is 5.60 Å². The van der Waals surface area contributed by atoms with E-state index in [1.165, 1.54) is 25.7 Å². The third kappa shape index (κ3) is 2.44. The summed E-state index contributed by atoms with van der Waals surface area (Å²) in [5.41, 5.74) is 0.105. The van der Waals surface area contributed by atoms with Gasteiger partial charge in [0.1, 0.15) is 0 Å². The molecule has 0 aromatic rings. The van der Waals surface area contributed by atoms with Crippen LogP contribution in [-0.4, -0.2) is 26.4 Å². The van der Waals surface area contributed by atoms with Crippen LogP contribution in [0.2, 0.25) is 0 Å². The summed E-state index contributed by atoms with van der Waals surface area (Å²) in [5, 5.41) is 0. The molecule has 1 aliphatic carbocycles. The summed E-state index contributed by atoms with van der Waals surface area (Å²) in [4.78, 5) is 0. The lowest BCUT2D eigenvalue weighted by Crippen LogP contribution is -2.42. The van der Waals surface area contributed by atoms with Crippen LogP contribution in [0.5, 0.6) is 0 Å². The maximum absolute atomic E-state index is 5.71. The maximum atomic E-state index is 5.71. The van der Waals surface area contributed by atoms with Crippen LogP contribution in [0.25, 0.3) is 0 Å². The van der Waals surface area contributed by atoms with Crippen LogP contribution in [0.15, 0.2) is 0 Å². The molecule has 0 heterocycles. The molecule has 0 bridgehead atoms. The molecule has 2 heteroatoms. The SMILES string of the molecule is COCCC1(OC)CCCC[C@@H]1C. The van der Waals surface area contributed by atoms with Gasteiger partial charge in [0.15, 0.2) is 0 Å². The van der Waals surface area contributed by atoms with Gasteiger partial charge in [-0.2, -0.15) is 0 Å². The van der Waals surface area contributed by atoms with E-state index in [0.717, 1.165) is 13.0 Å². The lowest BCUT2D eigenvalue weighted by Gasteiger charge is -2.41. The van der Waals surface area contributed by atoms with Gasteiger partial charge in [-0.1, -0.05) is 19.8 Å². The Bertz CT molecular complexity index is 147. The smallest absolute Gasteiger partial charge is 0.0726 e. The Balaban J connectivity index is 2.53. The molecule has 0 aromatic heterocycles. The van der Waals surface area contributed by atoms with E-state index in [1.54, 1.807) is 7.11 Å². The van der Waals surface area contributed by atoms with Crippen LogP contribution in [0.3, 0.4) is 0 Å². The number of hydrogen-bond donors (Lipinski definition) is 0. The van der Waals surface area contributed by atoms with E-state index in [4.69, 9.17) is 9.47 Å². The first kappa shape index (κ1) is 11.0. The first-order chi connectivity index (χ1) is 6.25. The van der Waals surface area contributed by atoms with Crippen LogP contribution in [0.4, 0.5) is 0 Å². The molecule has 2 atom stereocenters. The van der Waals surface area contributed by atoms with Gasteiger partial charge < -0.3 is 9.47 Å². The highest BCUT2D eigenvalue weighted by Gasteiger charge is 2.37. The molecule has 1 unspecified atom stereocenters.